The molecule has 1 aliphatic heterocycles. The van der Waals surface area contributed by atoms with Crippen molar-refractivity contribution >= 4 is 34.2 Å². The SMILES string of the molecule is C[C@H](C(=O)Nc1nccs1)N1C(=O)[C@@H]2[C@@H](C1=O)[C@H]1C=C[C@H]2C1. The van der Waals surface area contributed by atoms with Gasteiger partial charge in [0.25, 0.3) is 0 Å². The predicted octanol–water partition coefficient (Wildman–Crippen LogP) is 1.28. The minimum absolute atomic E-state index is 0.158. The largest absolute Gasteiger partial charge is 0.300 e. The van der Waals surface area contributed by atoms with Gasteiger partial charge in [-0.25, -0.2) is 4.98 Å². The fraction of sp³-hybridized carbons (Fsp3) is 0.467. The summed E-state index contributed by atoms with van der Waals surface area (Å²) >= 11 is 1.30. The van der Waals surface area contributed by atoms with Crippen molar-refractivity contribution in [2.24, 2.45) is 23.7 Å². The van der Waals surface area contributed by atoms with Gasteiger partial charge >= 0.3 is 0 Å². The van der Waals surface area contributed by atoms with Gasteiger partial charge in [-0.15, -0.1) is 11.3 Å². The highest BCUT2D eigenvalue weighted by atomic mass is 32.1. The van der Waals surface area contributed by atoms with Crippen LogP contribution >= 0.6 is 11.3 Å². The minimum atomic E-state index is -0.811. The number of fused-ring (bicyclic) bond motifs is 5. The van der Waals surface area contributed by atoms with Crippen LogP contribution in [0.5, 0.6) is 0 Å². The third kappa shape index (κ3) is 1.78. The molecule has 1 saturated carbocycles. The number of hydrogen-bond acceptors (Lipinski definition) is 5. The molecule has 1 N–H and O–H groups in total. The van der Waals surface area contributed by atoms with Crippen molar-refractivity contribution in [1.82, 2.24) is 9.88 Å². The van der Waals surface area contributed by atoms with E-state index in [4.69, 9.17) is 0 Å². The molecule has 1 aromatic heterocycles. The summed E-state index contributed by atoms with van der Waals surface area (Å²) in [5.74, 6) is -0.995. The molecule has 0 unspecified atom stereocenters. The zero-order chi connectivity index (χ0) is 15.4. The van der Waals surface area contributed by atoms with Crippen molar-refractivity contribution in [2.45, 2.75) is 19.4 Å². The van der Waals surface area contributed by atoms with E-state index >= 15 is 0 Å². The molecule has 3 amide bonds. The van der Waals surface area contributed by atoms with E-state index < -0.39 is 6.04 Å². The normalized spacial score (nSPS) is 33.4. The van der Waals surface area contributed by atoms with Gasteiger partial charge in [0.2, 0.25) is 17.7 Å². The number of rotatable bonds is 3. The van der Waals surface area contributed by atoms with Gasteiger partial charge in [-0.2, -0.15) is 0 Å². The number of thiazole rings is 1. The standard InChI is InChI=1S/C15H15N3O3S/c1-7(12(19)17-15-16-4-5-22-15)18-13(20)10-8-2-3-9(6-8)11(10)14(18)21/h2-5,7-11H,6H2,1H3,(H,16,17,19)/t7-,8+,9+,10+,11+/m1/s1. The molecule has 0 spiro atoms. The Balaban J connectivity index is 1.54. The Hall–Kier alpha value is -2.02. The Labute approximate surface area is 131 Å². The first-order chi connectivity index (χ1) is 10.6. The van der Waals surface area contributed by atoms with Crippen LogP contribution in [0.2, 0.25) is 0 Å². The molecule has 6 nitrogen and oxygen atoms in total. The topological polar surface area (TPSA) is 79.4 Å². The van der Waals surface area contributed by atoms with Crippen LogP contribution < -0.4 is 5.32 Å². The number of aromatic nitrogens is 1. The summed E-state index contributed by atoms with van der Waals surface area (Å²) in [5.41, 5.74) is 0. The van der Waals surface area contributed by atoms with E-state index in [1.165, 1.54) is 11.3 Å². The number of carbonyl (C=O) groups excluding carboxylic acids is 3. The molecule has 5 atom stereocenters. The van der Waals surface area contributed by atoms with Crippen LogP contribution in [0.15, 0.2) is 23.7 Å². The zero-order valence-corrected chi connectivity index (χ0v) is 12.7. The molecule has 7 heteroatoms. The lowest BCUT2D eigenvalue weighted by atomic mass is 9.85. The smallest absolute Gasteiger partial charge is 0.249 e. The maximum Gasteiger partial charge on any atom is 0.249 e. The molecule has 1 saturated heterocycles. The Bertz CT molecular complexity index is 654. The highest BCUT2D eigenvalue weighted by Gasteiger charge is 2.60. The molecule has 0 aromatic carbocycles. The number of amides is 3. The van der Waals surface area contributed by atoms with Crippen LogP contribution in [-0.4, -0.2) is 33.6 Å². The van der Waals surface area contributed by atoms with Gasteiger partial charge < -0.3 is 5.32 Å². The van der Waals surface area contributed by atoms with Crippen molar-refractivity contribution in [2.75, 3.05) is 5.32 Å². The van der Waals surface area contributed by atoms with Gasteiger partial charge in [-0.1, -0.05) is 12.2 Å². The number of likely N-dealkylation sites (tertiary alicyclic amines) is 1. The van der Waals surface area contributed by atoms with E-state index in [9.17, 15) is 14.4 Å². The summed E-state index contributed by atoms with van der Waals surface area (Å²) in [6.07, 6.45) is 6.56. The molecule has 114 valence electrons. The van der Waals surface area contributed by atoms with E-state index in [0.29, 0.717) is 5.13 Å². The molecule has 0 radical (unpaired) electrons. The first-order valence-corrected chi connectivity index (χ1v) is 8.21. The summed E-state index contributed by atoms with van der Waals surface area (Å²) in [6, 6.07) is -0.811. The second kappa shape index (κ2) is 4.74. The van der Waals surface area contributed by atoms with E-state index in [-0.39, 0.29) is 41.4 Å². The Kier molecular flexibility index (Phi) is 2.94. The monoisotopic (exact) mass is 317 g/mol. The second-order valence-electron chi connectivity index (χ2n) is 6.05. The van der Waals surface area contributed by atoms with E-state index in [2.05, 4.69) is 10.3 Å². The fourth-order valence-electron chi connectivity index (χ4n) is 3.92. The number of nitrogens with zero attached hydrogens (tertiary/aromatic N) is 2. The summed E-state index contributed by atoms with van der Waals surface area (Å²) in [7, 11) is 0. The minimum Gasteiger partial charge on any atom is -0.300 e. The van der Waals surface area contributed by atoms with Crippen molar-refractivity contribution in [3.63, 3.8) is 0 Å². The van der Waals surface area contributed by atoms with Gasteiger partial charge in [0.1, 0.15) is 6.04 Å². The lowest BCUT2D eigenvalue weighted by Gasteiger charge is -2.23. The fourth-order valence-corrected chi connectivity index (χ4v) is 4.45. The number of anilines is 1. The van der Waals surface area contributed by atoms with Crippen LogP contribution in [0.3, 0.4) is 0 Å². The number of nitrogens with one attached hydrogen (secondary N) is 1. The number of hydrogen-bond donors (Lipinski definition) is 1. The maximum atomic E-state index is 12.6. The zero-order valence-electron chi connectivity index (χ0n) is 11.9. The van der Waals surface area contributed by atoms with Crippen molar-refractivity contribution in [1.29, 1.82) is 0 Å². The number of imide groups is 1. The first-order valence-electron chi connectivity index (χ1n) is 7.33. The first kappa shape index (κ1) is 13.6. The van der Waals surface area contributed by atoms with E-state index in [0.717, 1.165) is 11.3 Å². The van der Waals surface area contributed by atoms with Crippen LogP contribution in [0, 0.1) is 23.7 Å². The molecule has 2 aliphatic carbocycles. The Morgan fingerprint density at radius 2 is 1.95 bits per heavy atom. The molecule has 2 bridgehead atoms. The maximum absolute atomic E-state index is 12.6. The molecule has 2 heterocycles. The lowest BCUT2D eigenvalue weighted by molar-refractivity contribution is -0.146. The molecular formula is C15H15N3O3S. The average Bonchev–Trinajstić information content (AvgIpc) is 3.24. The highest BCUT2D eigenvalue weighted by Crippen LogP contribution is 2.52. The average molecular weight is 317 g/mol. The highest BCUT2D eigenvalue weighted by molar-refractivity contribution is 7.13. The molecule has 4 rings (SSSR count). The summed E-state index contributed by atoms with van der Waals surface area (Å²) in [5, 5.41) is 4.87. The third-order valence-electron chi connectivity index (χ3n) is 4.93. The molecule has 1 aromatic rings. The van der Waals surface area contributed by atoms with E-state index in [1.54, 1.807) is 18.5 Å². The van der Waals surface area contributed by atoms with Gasteiger partial charge in [0.15, 0.2) is 5.13 Å². The summed E-state index contributed by atoms with van der Waals surface area (Å²) in [4.78, 5) is 42.6. The van der Waals surface area contributed by atoms with Crippen LogP contribution in [-0.2, 0) is 14.4 Å². The summed E-state index contributed by atoms with van der Waals surface area (Å²) in [6.45, 7) is 1.59. The lowest BCUT2D eigenvalue weighted by Crippen LogP contribution is -2.46. The van der Waals surface area contributed by atoms with Crippen molar-refractivity contribution in [3.8, 4) is 0 Å². The van der Waals surface area contributed by atoms with Gasteiger partial charge in [0.05, 0.1) is 11.8 Å². The predicted molar refractivity (Wildman–Crippen MR) is 79.8 cm³/mol. The van der Waals surface area contributed by atoms with Crippen LogP contribution in [0.4, 0.5) is 5.13 Å². The number of allylic oxidation sites excluding steroid dienone is 2. The van der Waals surface area contributed by atoms with Gasteiger partial charge in [-0.3, -0.25) is 19.3 Å². The van der Waals surface area contributed by atoms with Gasteiger partial charge in [0, 0.05) is 11.6 Å². The molecule has 3 aliphatic rings. The Morgan fingerprint density at radius 3 is 2.50 bits per heavy atom. The Morgan fingerprint density at radius 1 is 1.32 bits per heavy atom. The second-order valence-corrected chi connectivity index (χ2v) is 6.94. The quantitative estimate of drug-likeness (QED) is 0.673. The van der Waals surface area contributed by atoms with Crippen LogP contribution in [0.1, 0.15) is 13.3 Å². The van der Waals surface area contributed by atoms with Crippen LogP contribution in [0.25, 0.3) is 0 Å². The summed E-state index contributed by atoms with van der Waals surface area (Å²) < 4.78 is 0. The van der Waals surface area contributed by atoms with Crippen molar-refractivity contribution in [3.05, 3.63) is 23.7 Å². The molecule has 2 fully saturated rings. The molecular weight excluding hydrogens is 302 g/mol. The third-order valence-corrected chi connectivity index (χ3v) is 5.62. The van der Waals surface area contributed by atoms with Gasteiger partial charge in [-0.05, 0) is 25.2 Å². The number of carbonyl (C=O) groups is 3. The van der Waals surface area contributed by atoms with Crippen molar-refractivity contribution < 1.29 is 14.4 Å². The molecule has 22 heavy (non-hydrogen) atoms. The van der Waals surface area contributed by atoms with E-state index in [1.807, 2.05) is 12.2 Å².